The summed E-state index contributed by atoms with van der Waals surface area (Å²) in [6.45, 7) is 0.893. The highest BCUT2D eigenvalue weighted by Gasteiger charge is 2.31. The van der Waals surface area contributed by atoms with Crippen molar-refractivity contribution in [1.29, 1.82) is 0 Å². The van der Waals surface area contributed by atoms with E-state index < -0.39 is 54.3 Å². The summed E-state index contributed by atoms with van der Waals surface area (Å²) < 4.78 is 0. The largest absolute Gasteiger partial charge is 0.481 e. The molecule has 2 rings (SSSR count). The highest BCUT2D eigenvalue weighted by atomic mass is 16.4. The van der Waals surface area contributed by atoms with Crippen LogP contribution in [0.5, 0.6) is 0 Å². The molecule has 0 aliphatic carbocycles. The second-order valence-corrected chi connectivity index (χ2v) is 8.83. The number of H-pyrrole nitrogens is 1. The molecule has 0 spiro atoms. The third-order valence-corrected chi connectivity index (χ3v) is 5.83. The number of rotatable bonds is 16. The minimum Gasteiger partial charge on any atom is -0.481 e. The van der Waals surface area contributed by atoms with E-state index in [1.54, 1.807) is 0 Å². The summed E-state index contributed by atoms with van der Waals surface area (Å²) in [7, 11) is 0. The fourth-order valence-corrected chi connectivity index (χ4v) is 3.85. The number of hydrogen-bond donors (Lipinski definition) is 9. The number of carbonyl (C=O) groups excluding carboxylic acids is 3. The van der Waals surface area contributed by atoms with E-state index >= 15 is 0 Å². The summed E-state index contributed by atoms with van der Waals surface area (Å²) in [4.78, 5) is 72.0. The molecule has 1 aromatic heterocycles. The lowest BCUT2D eigenvalue weighted by Gasteiger charge is -2.25. The molecule has 0 radical (unpaired) electrons. The first-order valence-corrected chi connectivity index (χ1v) is 12.2. The second-order valence-electron chi connectivity index (χ2n) is 8.83. The van der Waals surface area contributed by atoms with Gasteiger partial charge in [0.15, 0.2) is 5.96 Å². The van der Waals surface area contributed by atoms with E-state index in [1.807, 2.05) is 0 Å². The molecule has 210 valence electrons. The minimum absolute atomic E-state index is 0.0678. The van der Waals surface area contributed by atoms with Crippen molar-refractivity contribution in [3.05, 3.63) is 18.2 Å². The number of guanidine groups is 1. The van der Waals surface area contributed by atoms with Gasteiger partial charge in [-0.15, -0.1) is 0 Å². The molecule has 4 unspecified atom stereocenters. The molecule has 4 atom stereocenters. The number of aliphatic carboxylic acids is 2. The number of carboxylic acid groups (broad SMARTS) is 2. The first-order valence-electron chi connectivity index (χ1n) is 12.2. The number of aromatic nitrogens is 2. The van der Waals surface area contributed by atoms with Crippen molar-refractivity contribution in [3.8, 4) is 0 Å². The summed E-state index contributed by atoms with van der Waals surface area (Å²) in [5.41, 5.74) is 11.2. The Balaban J connectivity index is 2.16. The van der Waals surface area contributed by atoms with Gasteiger partial charge in [0.05, 0.1) is 12.4 Å². The number of carboxylic acids is 2. The van der Waals surface area contributed by atoms with Crippen LogP contribution in [0.2, 0.25) is 0 Å². The molecule has 1 fully saturated rings. The Labute approximate surface area is 218 Å². The quantitative estimate of drug-likeness (QED) is 0.0588. The van der Waals surface area contributed by atoms with E-state index in [9.17, 15) is 29.1 Å². The molecule has 0 saturated carbocycles. The number of nitrogens with one attached hydrogen (secondary N) is 5. The second kappa shape index (κ2) is 15.1. The molecular weight excluding hydrogens is 502 g/mol. The Morgan fingerprint density at radius 2 is 1.76 bits per heavy atom. The van der Waals surface area contributed by atoms with Gasteiger partial charge < -0.3 is 47.9 Å². The van der Waals surface area contributed by atoms with Gasteiger partial charge in [-0.2, -0.15) is 0 Å². The van der Waals surface area contributed by atoms with Crippen LogP contribution in [0.1, 0.15) is 44.2 Å². The monoisotopic (exact) mass is 537 g/mol. The molecule has 2 heterocycles. The fourth-order valence-electron chi connectivity index (χ4n) is 3.85. The molecule has 0 bridgehead atoms. The van der Waals surface area contributed by atoms with Gasteiger partial charge in [-0.25, -0.2) is 9.78 Å². The number of aromatic amines is 1. The maximum atomic E-state index is 13.3. The van der Waals surface area contributed by atoms with Crippen molar-refractivity contribution in [2.24, 2.45) is 16.5 Å². The first kappa shape index (κ1) is 30.0. The predicted octanol–water partition coefficient (Wildman–Crippen LogP) is -2.84. The van der Waals surface area contributed by atoms with Gasteiger partial charge in [0.1, 0.15) is 18.1 Å². The molecule has 3 amide bonds. The van der Waals surface area contributed by atoms with E-state index in [4.69, 9.17) is 16.6 Å². The molecular formula is C22H35N9O7. The zero-order valence-electron chi connectivity index (χ0n) is 20.8. The van der Waals surface area contributed by atoms with Crippen LogP contribution in [0.3, 0.4) is 0 Å². The summed E-state index contributed by atoms with van der Waals surface area (Å²) in [5.74, 6) is -4.62. The molecule has 11 N–H and O–H groups in total. The lowest BCUT2D eigenvalue weighted by Crippen LogP contribution is -2.57. The number of hydrogen-bond acceptors (Lipinski definition) is 8. The van der Waals surface area contributed by atoms with Gasteiger partial charge in [-0.3, -0.25) is 24.2 Å². The van der Waals surface area contributed by atoms with Crippen LogP contribution in [0.4, 0.5) is 0 Å². The van der Waals surface area contributed by atoms with Crippen LogP contribution < -0.4 is 32.7 Å². The van der Waals surface area contributed by atoms with Crippen LogP contribution >= 0.6 is 0 Å². The lowest BCUT2D eigenvalue weighted by atomic mass is 10.1. The zero-order chi connectivity index (χ0) is 28.1. The van der Waals surface area contributed by atoms with Crippen molar-refractivity contribution in [2.45, 2.75) is 69.1 Å². The molecule has 1 saturated heterocycles. The summed E-state index contributed by atoms with van der Waals surface area (Å²) in [6, 6.07) is -4.21. The number of nitrogens with two attached hydrogens (primary N) is 2. The molecule has 1 aliphatic rings. The average molecular weight is 538 g/mol. The Bertz CT molecular complexity index is 989. The minimum atomic E-state index is -1.48. The van der Waals surface area contributed by atoms with Crippen molar-refractivity contribution in [3.63, 3.8) is 0 Å². The van der Waals surface area contributed by atoms with Crippen molar-refractivity contribution >= 4 is 35.6 Å². The Kier molecular flexibility index (Phi) is 12.0. The summed E-state index contributed by atoms with van der Waals surface area (Å²) in [6.07, 6.45) is 3.86. The normalized spacial score (nSPS) is 17.0. The van der Waals surface area contributed by atoms with Gasteiger partial charge in [-0.05, 0) is 38.6 Å². The predicted molar refractivity (Wildman–Crippen MR) is 134 cm³/mol. The third kappa shape index (κ3) is 10.4. The van der Waals surface area contributed by atoms with Crippen molar-refractivity contribution in [1.82, 2.24) is 31.2 Å². The number of nitrogens with zero attached hydrogens (tertiary/aromatic N) is 2. The number of imidazole rings is 1. The van der Waals surface area contributed by atoms with Crippen LogP contribution in [0.25, 0.3) is 0 Å². The maximum Gasteiger partial charge on any atom is 0.326 e. The Morgan fingerprint density at radius 3 is 2.34 bits per heavy atom. The topological polar surface area (TPSA) is 267 Å². The van der Waals surface area contributed by atoms with E-state index in [0.717, 1.165) is 6.42 Å². The molecule has 16 heteroatoms. The van der Waals surface area contributed by atoms with E-state index in [2.05, 4.69) is 36.2 Å². The highest BCUT2D eigenvalue weighted by molar-refractivity contribution is 5.94. The Hall–Kier alpha value is -4.21. The van der Waals surface area contributed by atoms with Gasteiger partial charge in [0.2, 0.25) is 17.7 Å². The van der Waals surface area contributed by atoms with Gasteiger partial charge in [0, 0.05) is 31.3 Å². The molecule has 1 aliphatic heterocycles. The third-order valence-electron chi connectivity index (χ3n) is 5.83. The maximum absolute atomic E-state index is 13.3. The van der Waals surface area contributed by atoms with E-state index in [0.29, 0.717) is 25.1 Å². The molecule has 1 aromatic rings. The first-order chi connectivity index (χ1) is 18.1. The Morgan fingerprint density at radius 1 is 1.05 bits per heavy atom. The van der Waals surface area contributed by atoms with Crippen LogP contribution in [-0.2, 0) is 30.4 Å². The average Bonchev–Trinajstić information content (AvgIpc) is 3.57. The van der Waals surface area contributed by atoms with Crippen molar-refractivity contribution in [2.75, 3.05) is 13.1 Å². The fraction of sp³-hybridized carbons (Fsp3) is 0.591. The van der Waals surface area contributed by atoms with Gasteiger partial charge in [0.25, 0.3) is 0 Å². The molecule has 0 aromatic carbocycles. The smallest absolute Gasteiger partial charge is 0.326 e. The van der Waals surface area contributed by atoms with Crippen LogP contribution in [0.15, 0.2) is 17.5 Å². The zero-order valence-corrected chi connectivity index (χ0v) is 20.8. The number of aliphatic imine (C=N–C) groups is 1. The van der Waals surface area contributed by atoms with Crippen molar-refractivity contribution < 1.29 is 34.2 Å². The molecule has 16 nitrogen and oxygen atoms in total. The highest BCUT2D eigenvalue weighted by Crippen LogP contribution is 2.08. The summed E-state index contributed by atoms with van der Waals surface area (Å²) in [5, 5.41) is 28.9. The number of amides is 3. The van der Waals surface area contributed by atoms with Crippen LogP contribution in [0, 0.1) is 0 Å². The van der Waals surface area contributed by atoms with E-state index in [1.165, 1.54) is 12.5 Å². The molecule has 38 heavy (non-hydrogen) atoms. The SMILES string of the molecule is NC(N)=NCCCC(NC(=O)C1CCCN1)C(=O)NC(Cc1cnc[nH]1)C(=O)NC(CCC(=O)O)C(=O)O. The number of carbonyl (C=O) groups is 5. The summed E-state index contributed by atoms with van der Waals surface area (Å²) >= 11 is 0. The lowest BCUT2D eigenvalue weighted by molar-refractivity contribution is -0.143. The van der Waals surface area contributed by atoms with E-state index in [-0.39, 0.29) is 37.7 Å². The standard InChI is InChI=1S/C22H35N9O7/c23-22(24)27-8-2-4-14(29-18(34)13-3-1-7-26-13)19(35)31-16(9-12-10-25-11-28-12)20(36)30-15(21(37)38)5-6-17(32)33/h10-11,13-16,26H,1-9H2,(H,25,28)(H,29,34)(H,30,36)(H,31,35)(H,32,33)(H,37,38)(H4,23,24,27). The van der Waals surface area contributed by atoms with Crippen LogP contribution in [-0.4, -0.2) is 93.1 Å². The van der Waals surface area contributed by atoms with Gasteiger partial charge in [-0.1, -0.05) is 0 Å². The van der Waals surface area contributed by atoms with Gasteiger partial charge >= 0.3 is 11.9 Å².